The van der Waals surface area contributed by atoms with E-state index < -0.39 is 18.9 Å². The Kier molecular flexibility index (Phi) is 3.70. The molecule has 0 N–H and O–H groups in total. The van der Waals surface area contributed by atoms with Crippen LogP contribution in [0.3, 0.4) is 0 Å². The Balaban J connectivity index is 3.46. The van der Waals surface area contributed by atoms with Gasteiger partial charge in [-0.1, -0.05) is 0 Å². The van der Waals surface area contributed by atoms with Gasteiger partial charge in [0.1, 0.15) is 0 Å². The van der Waals surface area contributed by atoms with Crippen LogP contribution in [-0.4, -0.2) is 25.5 Å². The smallest absolute Gasteiger partial charge is 0.434 e. The first-order valence-electron chi connectivity index (χ1n) is 2.61. The highest BCUT2D eigenvalue weighted by molar-refractivity contribution is 5.59. The summed E-state index contributed by atoms with van der Waals surface area (Å²) in [5, 5.41) is 0. The van der Waals surface area contributed by atoms with Crippen LogP contribution in [0.25, 0.3) is 0 Å². The zero-order chi connectivity index (χ0) is 8.91. The van der Waals surface area contributed by atoms with Crippen LogP contribution in [0.15, 0.2) is 0 Å². The average molecular weight is 171 g/mol. The third-order valence-corrected chi connectivity index (χ3v) is 0.574. The zero-order valence-electron chi connectivity index (χ0n) is 5.48. The van der Waals surface area contributed by atoms with Crippen molar-refractivity contribution in [3.63, 3.8) is 0 Å². The predicted octanol–water partition coefficient (Wildman–Crippen LogP) is 1.54. The van der Waals surface area contributed by atoms with Crippen molar-refractivity contribution >= 4 is 6.16 Å². The van der Waals surface area contributed by atoms with E-state index in [1.165, 1.54) is 0 Å². The number of alkyl halides is 3. The first kappa shape index (κ1) is 10.1. The van der Waals surface area contributed by atoms with Crippen LogP contribution >= 0.6 is 0 Å². The van der Waals surface area contributed by atoms with E-state index in [1.807, 2.05) is 0 Å². The Morgan fingerprint density at radius 3 is 2.27 bits per heavy atom. The molecule has 0 aromatic carbocycles. The number of carbonyl (C=O) groups is 1. The van der Waals surface area contributed by atoms with Gasteiger partial charge in [0.25, 0.3) is 0 Å². The van der Waals surface area contributed by atoms with E-state index in [-0.39, 0.29) is 6.61 Å². The van der Waals surface area contributed by atoms with Gasteiger partial charge >= 0.3 is 12.3 Å². The zero-order valence-corrected chi connectivity index (χ0v) is 5.48. The van der Waals surface area contributed by atoms with Gasteiger partial charge in [0.15, 0.2) is 6.61 Å². The molecule has 0 saturated carbocycles. The number of ether oxygens (including phenoxy) is 2. The first-order chi connectivity index (χ1) is 4.95. The molecule has 0 fully saturated rings. The van der Waals surface area contributed by atoms with Gasteiger partial charge in [-0.25, -0.2) is 4.79 Å². The minimum Gasteiger partial charge on any atom is -0.434 e. The lowest BCUT2D eigenvalue weighted by molar-refractivity contribution is -0.165. The van der Waals surface area contributed by atoms with E-state index in [2.05, 4.69) is 16.4 Å². The summed E-state index contributed by atoms with van der Waals surface area (Å²) in [7, 11) is 0. The topological polar surface area (TPSA) is 35.5 Å². The lowest BCUT2D eigenvalue weighted by atomic mass is 10.7. The molecule has 0 saturated heterocycles. The Labute approximate surface area is 61.1 Å². The first-order valence-corrected chi connectivity index (χ1v) is 2.61. The van der Waals surface area contributed by atoms with E-state index in [0.29, 0.717) is 0 Å². The number of carbonyl (C=O) groups excluding carboxylic acids is 1. The second kappa shape index (κ2) is 4.05. The quantitative estimate of drug-likeness (QED) is 0.591. The number of hydrogen-bond acceptors (Lipinski definition) is 3. The molecule has 0 bridgehead atoms. The molecule has 65 valence electrons. The minimum atomic E-state index is -4.51. The van der Waals surface area contributed by atoms with Crippen molar-refractivity contribution in [3.05, 3.63) is 6.92 Å². The molecule has 0 atom stereocenters. The maximum Gasteiger partial charge on any atom is 0.508 e. The van der Waals surface area contributed by atoms with Crippen LogP contribution < -0.4 is 0 Å². The molecule has 0 amide bonds. The number of hydrogen-bond donors (Lipinski definition) is 0. The summed E-state index contributed by atoms with van der Waals surface area (Å²) in [6.07, 6.45) is -5.88. The summed E-state index contributed by atoms with van der Waals surface area (Å²) in [5.74, 6) is 0. The van der Waals surface area contributed by atoms with Gasteiger partial charge < -0.3 is 9.47 Å². The standard InChI is InChI=1S/C5H6F3O3/c1-2-10-4(9)11-3-5(6,7)8/h1-3H2. The predicted molar refractivity (Wildman–Crippen MR) is 28.7 cm³/mol. The maximum absolute atomic E-state index is 11.3. The normalized spacial score (nSPS) is 10.9. The van der Waals surface area contributed by atoms with Crippen LogP contribution in [-0.2, 0) is 9.47 Å². The maximum atomic E-state index is 11.3. The highest BCUT2D eigenvalue weighted by Crippen LogP contribution is 2.14. The summed E-state index contributed by atoms with van der Waals surface area (Å²) in [6.45, 7) is 1.18. The summed E-state index contributed by atoms with van der Waals surface area (Å²) in [6, 6.07) is 0. The lowest BCUT2D eigenvalue weighted by Gasteiger charge is -2.06. The Hall–Kier alpha value is -0.940. The van der Waals surface area contributed by atoms with E-state index in [9.17, 15) is 18.0 Å². The van der Waals surface area contributed by atoms with Gasteiger partial charge in [-0.2, -0.15) is 13.2 Å². The molecule has 0 unspecified atom stereocenters. The molecule has 0 rings (SSSR count). The second-order valence-electron chi connectivity index (χ2n) is 1.50. The monoisotopic (exact) mass is 171 g/mol. The second-order valence-corrected chi connectivity index (χ2v) is 1.50. The molecule has 0 aromatic rings. The molecule has 0 aliphatic carbocycles. The SMILES string of the molecule is [CH2]COC(=O)OCC(F)(F)F. The molecule has 3 nitrogen and oxygen atoms in total. The Morgan fingerprint density at radius 2 is 1.91 bits per heavy atom. The van der Waals surface area contributed by atoms with Crippen LogP contribution in [0.5, 0.6) is 0 Å². The van der Waals surface area contributed by atoms with Crippen LogP contribution in [0.2, 0.25) is 0 Å². The van der Waals surface area contributed by atoms with Gasteiger partial charge in [0.05, 0.1) is 6.61 Å². The fraction of sp³-hybridized carbons (Fsp3) is 0.600. The summed E-state index contributed by atoms with van der Waals surface area (Å²) in [4.78, 5) is 10.1. The molecular formula is C5H6F3O3. The minimum absolute atomic E-state index is 0.253. The van der Waals surface area contributed by atoms with E-state index in [0.717, 1.165) is 0 Å². The molecule has 0 aromatic heterocycles. The van der Waals surface area contributed by atoms with Gasteiger partial charge in [-0.3, -0.25) is 0 Å². The van der Waals surface area contributed by atoms with Crippen molar-refractivity contribution in [1.82, 2.24) is 0 Å². The Bertz CT molecular complexity index is 131. The number of rotatable bonds is 2. The highest BCUT2D eigenvalue weighted by Gasteiger charge is 2.29. The molecule has 1 radical (unpaired) electrons. The molecule has 11 heavy (non-hydrogen) atoms. The third-order valence-electron chi connectivity index (χ3n) is 0.574. The van der Waals surface area contributed by atoms with Crippen molar-refractivity contribution in [2.24, 2.45) is 0 Å². The summed E-state index contributed by atoms with van der Waals surface area (Å²) < 4.78 is 41.5. The van der Waals surface area contributed by atoms with Gasteiger partial charge in [0, 0.05) is 0 Å². The molecule has 0 heterocycles. The van der Waals surface area contributed by atoms with E-state index in [1.54, 1.807) is 0 Å². The van der Waals surface area contributed by atoms with Crippen molar-refractivity contribution in [1.29, 1.82) is 0 Å². The fourth-order valence-electron chi connectivity index (χ4n) is 0.266. The van der Waals surface area contributed by atoms with Gasteiger partial charge in [-0.15, -0.1) is 0 Å². The molecular weight excluding hydrogens is 165 g/mol. The van der Waals surface area contributed by atoms with Crippen molar-refractivity contribution in [3.8, 4) is 0 Å². The van der Waals surface area contributed by atoms with Crippen LogP contribution in [0.1, 0.15) is 0 Å². The van der Waals surface area contributed by atoms with Crippen LogP contribution in [0.4, 0.5) is 18.0 Å². The summed E-state index contributed by atoms with van der Waals surface area (Å²) in [5.41, 5.74) is 0. The van der Waals surface area contributed by atoms with Crippen molar-refractivity contribution in [2.45, 2.75) is 6.18 Å². The van der Waals surface area contributed by atoms with E-state index >= 15 is 0 Å². The van der Waals surface area contributed by atoms with Crippen molar-refractivity contribution in [2.75, 3.05) is 13.2 Å². The Morgan fingerprint density at radius 1 is 1.36 bits per heavy atom. The average Bonchev–Trinajstić information content (AvgIpc) is 1.83. The van der Waals surface area contributed by atoms with Crippen LogP contribution in [0, 0.1) is 6.92 Å². The lowest BCUT2D eigenvalue weighted by Crippen LogP contribution is -2.20. The fourth-order valence-corrected chi connectivity index (χ4v) is 0.266. The molecule has 6 heteroatoms. The number of halogens is 3. The van der Waals surface area contributed by atoms with E-state index in [4.69, 9.17) is 0 Å². The molecule has 0 spiro atoms. The largest absolute Gasteiger partial charge is 0.508 e. The van der Waals surface area contributed by atoms with Crippen molar-refractivity contribution < 1.29 is 27.4 Å². The van der Waals surface area contributed by atoms with Gasteiger partial charge in [0.2, 0.25) is 0 Å². The third kappa shape index (κ3) is 6.95. The summed E-state index contributed by atoms with van der Waals surface area (Å²) >= 11 is 0. The molecule has 0 aliphatic rings. The highest BCUT2D eigenvalue weighted by atomic mass is 19.4. The van der Waals surface area contributed by atoms with Gasteiger partial charge in [-0.05, 0) is 6.92 Å². The molecule has 0 aliphatic heterocycles.